The SMILES string of the molecule is COc1ccc2c(c1)NC(=O)C2CC(=O)N[C@@H](CCCCCC(C)=O)c1ncc(-c2ccccc2)[nH]1. The van der Waals surface area contributed by atoms with Gasteiger partial charge in [0.25, 0.3) is 0 Å². The van der Waals surface area contributed by atoms with E-state index in [4.69, 9.17) is 4.74 Å². The van der Waals surface area contributed by atoms with Gasteiger partial charge in [-0.2, -0.15) is 0 Å². The summed E-state index contributed by atoms with van der Waals surface area (Å²) in [6.45, 7) is 1.60. The van der Waals surface area contributed by atoms with Crippen LogP contribution in [0.1, 0.15) is 68.8 Å². The number of anilines is 1. The van der Waals surface area contributed by atoms with Crippen LogP contribution in [0.15, 0.2) is 54.7 Å². The second kappa shape index (κ2) is 11.7. The van der Waals surface area contributed by atoms with Crippen LogP contribution in [0.3, 0.4) is 0 Å². The van der Waals surface area contributed by atoms with Crippen molar-refractivity contribution in [1.29, 1.82) is 0 Å². The van der Waals surface area contributed by atoms with Crippen molar-refractivity contribution in [2.45, 2.75) is 57.4 Å². The highest BCUT2D eigenvalue weighted by molar-refractivity contribution is 6.05. The van der Waals surface area contributed by atoms with Crippen molar-refractivity contribution in [3.05, 3.63) is 66.1 Å². The smallest absolute Gasteiger partial charge is 0.232 e. The molecule has 36 heavy (non-hydrogen) atoms. The summed E-state index contributed by atoms with van der Waals surface area (Å²) >= 11 is 0. The summed E-state index contributed by atoms with van der Waals surface area (Å²) in [5.74, 6) is 0.541. The van der Waals surface area contributed by atoms with Gasteiger partial charge in [-0.15, -0.1) is 0 Å². The Kier molecular flexibility index (Phi) is 8.15. The summed E-state index contributed by atoms with van der Waals surface area (Å²) in [7, 11) is 1.57. The minimum absolute atomic E-state index is 0.0399. The lowest BCUT2D eigenvalue weighted by atomic mass is 9.96. The van der Waals surface area contributed by atoms with Crippen LogP contribution in [0, 0.1) is 0 Å². The molecule has 1 aromatic heterocycles. The number of carbonyl (C=O) groups is 3. The summed E-state index contributed by atoms with van der Waals surface area (Å²) in [4.78, 5) is 44.9. The molecule has 0 saturated heterocycles. The van der Waals surface area contributed by atoms with Gasteiger partial charge in [0.05, 0.1) is 31.0 Å². The number of imidazole rings is 1. The van der Waals surface area contributed by atoms with E-state index in [9.17, 15) is 14.4 Å². The number of fused-ring (bicyclic) bond motifs is 1. The fraction of sp³-hybridized carbons (Fsp3) is 0.357. The van der Waals surface area contributed by atoms with Crippen LogP contribution >= 0.6 is 0 Å². The maximum atomic E-state index is 13.1. The number of methoxy groups -OCH3 is 1. The third-order valence-corrected chi connectivity index (χ3v) is 6.47. The molecular formula is C28H32N4O4. The van der Waals surface area contributed by atoms with Gasteiger partial charge in [0.2, 0.25) is 11.8 Å². The van der Waals surface area contributed by atoms with E-state index >= 15 is 0 Å². The van der Waals surface area contributed by atoms with Crippen LogP contribution in [0.5, 0.6) is 5.75 Å². The molecule has 3 aromatic rings. The summed E-state index contributed by atoms with van der Waals surface area (Å²) in [6, 6.07) is 14.9. The number of benzene rings is 2. The van der Waals surface area contributed by atoms with E-state index in [0.717, 1.165) is 36.1 Å². The van der Waals surface area contributed by atoms with Gasteiger partial charge in [0.15, 0.2) is 0 Å². The Balaban J connectivity index is 1.45. The zero-order chi connectivity index (χ0) is 25.5. The molecule has 2 aromatic carbocycles. The summed E-state index contributed by atoms with van der Waals surface area (Å²) in [6.07, 6.45) is 5.61. The Hall–Kier alpha value is -3.94. The lowest BCUT2D eigenvalue weighted by Crippen LogP contribution is -2.31. The van der Waals surface area contributed by atoms with Gasteiger partial charge in [-0.3, -0.25) is 9.59 Å². The largest absolute Gasteiger partial charge is 0.497 e. The topological polar surface area (TPSA) is 113 Å². The quantitative estimate of drug-likeness (QED) is 0.314. The number of ether oxygens (including phenoxy) is 1. The first-order valence-corrected chi connectivity index (χ1v) is 12.3. The van der Waals surface area contributed by atoms with Crippen LogP contribution in [0.25, 0.3) is 11.3 Å². The molecule has 3 N–H and O–H groups in total. The van der Waals surface area contributed by atoms with Crippen LogP contribution in [-0.4, -0.2) is 34.7 Å². The van der Waals surface area contributed by atoms with Gasteiger partial charge >= 0.3 is 0 Å². The number of H-pyrrole nitrogens is 1. The molecule has 0 radical (unpaired) electrons. The number of carbonyl (C=O) groups excluding carboxylic acids is 3. The predicted octanol–water partition coefficient (Wildman–Crippen LogP) is 4.91. The second-order valence-corrected chi connectivity index (χ2v) is 9.17. The number of hydrogen-bond donors (Lipinski definition) is 3. The van der Waals surface area contributed by atoms with E-state index in [1.54, 1.807) is 32.4 Å². The number of nitrogens with zero attached hydrogens (tertiary/aromatic N) is 1. The summed E-state index contributed by atoms with van der Waals surface area (Å²) in [5, 5.41) is 5.94. The van der Waals surface area contributed by atoms with Gasteiger partial charge in [0, 0.05) is 24.6 Å². The zero-order valence-corrected chi connectivity index (χ0v) is 20.7. The highest BCUT2D eigenvalue weighted by Crippen LogP contribution is 2.37. The molecule has 0 fully saturated rings. The number of unbranched alkanes of at least 4 members (excludes halogenated alkanes) is 2. The lowest BCUT2D eigenvalue weighted by Gasteiger charge is -2.18. The van der Waals surface area contributed by atoms with Gasteiger partial charge in [-0.05, 0) is 37.0 Å². The van der Waals surface area contributed by atoms with E-state index in [2.05, 4.69) is 20.6 Å². The Morgan fingerprint density at radius 2 is 1.92 bits per heavy atom. The number of aromatic nitrogens is 2. The fourth-order valence-electron chi connectivity index (χ4n) is 4.53. The average Bonchev–Trinajstić information content (AvgIpc) is 3.48. The highest BCUT2D eigenvalue weighted by Gasteiger charge is 2.33. The van der Waals surface area contributed by atoms with Crippen molar-refractivity contribution in [3.8, 4) is 17.0 Å². The monoisotopic (exact) mass is 488 g/mol. The maximum absolute atomic E-state index is 13.1. The molecule has 188 valence electrons. The molecule has 2 atom stereocenters. The summed E-state index contributed by atoms with van der Waals surface area (Å²) in [5.41, 5.74) is 3.36. The van der Waals surface area contributed by atoms with Crippen LogP contribution in [-0.2, 0) is 14.4 Å². The number of hydrogen-bond acceptors (Lipinski definition) is 5. The Bertz CT molecular complexity index is 1220. The molecule has 2 amide bonds. The van der Waals surface area contributed by atoms with Crippen molar-refractivity contribution in [2.75, 3.05) is 12.4 Å². The maximum Gasteiger partial charge on any atom is 0.232 e. The molecule has 2 heterocycles. The van der Waals surface area contributed by atoms with Crippen LogP contribution < -0.4 is 15.4 Å². The lowest BCUT2D eigenvalue weighted by molar-refractivity contribution is -0.125. The fourth-order valence-corrected chi connectivity index (χ4v) is 4.53. The van der Waals surface area contributed by atoms with Gasteiger partial charge in [-0.25, -0.2) is 4.98 Å². The standard InChI is InChI=1S/C28H32N4O4/c1-18(33)9-5-3-8-12-23(27-29-17-25(31-27)19-10-6-4-7-11-19)30-26(34)16-22-21-14-13-20(36-2)15-24(21)32-28(22)35/h4,6-7,10-11,13-15,17,22-23H,3,5,8-9,12,16H2,1-2H3,(H,29,31)(H,30,34)(H,32,35)/t22?,23-/m0/s1. The molecule has 0 saturated carbocycles. The number of rotatable bonds is 12. The third-order valence-electron chi connectivity index (χ3n) is 6.47. The molecule has 0 bridgehead atoms. The van der Waals surface area contributed by atoms with E-state index < -0.39 is 5.92 Å². The van der Waals surface area contributed by atoms with E-state index in [1.165, 1.54) is 0 Å². The molecule has 8 nitrogen and oxygen atoms in total. The van der Waals surface area contributed by atoms with Crippen molar-refractivity contribution in [1.82, 2.24) is 15.3 Å². The number of amides is 2. The number of nitrogens with one attached hydrogen (secondary N) is 3. The molecule has 1 aliphatic heterocycles. The Labute approximate surface area is 210 Å². The Morgan fingerprint density at radius 1 is 1.11 bits per heavy atom. The third kappa shape index (κ3) is 6.19. The molecular weight excluding hydrogens is 456 g/mol. The summed E-state index contributed by atoms with van der Waals surface area (Å²) < 4.78 is 5.23. The average molecular weight is 489 g/mol. The van der Waals surface area contributed by atoms with Crippen molar-refractivity contribution in [3.63, 3.8) is 0 Å². The van der Waals surface area contributed by atoms with E-state index in [-0.39, 0.29) is 30.1 Å². The first-order chi connectivity index (χ1) is 17.4. The van der Waals surface area contributed by atoms with Gasteiger partial charge < -0.3 is 25.1 Å². The van der Waals surface area contributed by atoms with E-state index in [1.807, 2.05) is 36.4 Å². The molecule has 1 unspecified atom stereocenters. The molecule has 4 rings (SSSR count). The van der Waals surface area contributed by atoms with Gasteiger partial charge in [0.1, 0.15) is 17.4 Å². The number of Topliss-reactive ketones (excluding diaryl/α,β-unsaturated/α-hetero) is 1. The number of aromatic amines is 1. The molecule has 0 spiro atoms. The minimum atomic E-state index is -0.557. The Morgan fingerprint density at radius 3 is 2.67 bits per heavy atom. The van der Waals surface area contributed by atoms with Crippen LogP contribution in [0.4, 0.5) is 5.69 Å². The van der Waals surface area contributed by atoms with Crippen molar-refractivity contribution < 1.29 is 19.1 Å². The van der Waals surface area contributed by atoms with Crippen molar-refractivity contribution in [2.24, 2.45) is 0 Å². The first kappa shape index (κ1) is 25.2. The first-order valence-electron chi connectivity index (χ1n) is 12.3. The van der Waals surface area contributed by atoms with E-state index in [0.29, 0.717) is 30.1 Å². The van der Waals surface area contributed by atoms with Crippen LogP contribution in [0.2, 0.25) is 0 Å². The predicted molar refractivity (Wildman–Crippen MR) is 138 cm³/mol. The van der Waals surface area contributed by atoms with Crippen molar-refractivity contribution >= 4 is 23.3 Å². The zero-order valence-electron chi connectivity index (χ0n) is 20.7. The molecule has 1 aliphatic rings. The highest BCUT2D eigenvalue weighted by atomic mass is 16.5. The van der Waals surface area contributed by atoms with Gasteiger partial charge in [-0.1, -0.05) is 49.2 Å². The molecule has 8 heteroatoms. The molecule has 0 aliphatic carbocycles. The normalized spacial score (nSPS) is 15.2. The second-order valence-electron chi connectivity index (χ2n) is 9.17. The number of ketones is 1. The minimum Gasteiger partial charge on any atom is -0.497 e.